The SMILES string of the molecule is Cc1c(F)cccc1C1(C(=O)O)CCC(c2ccnn2C)CC1. The minimum absolute atomic E-state index is 0.309. The minimum Gasteiger partial charge on any atom is -0.481 e. The van der Waals surface area contributed by atoms with Gasteiger partial charge in [0, 0.05) is 24.9 Å². The Hall–Kier alpha value is -2.17. The lowest BCUT2D eigenvalue weighted by Crippen LogP contribution is -2.40. The van der Waals surface area contributed by atoms with Gasteiger partial charge in [0.05, 0.1) is 5.41 Å². The molecule has 1 aromatic carbocycles. The molecule has 1 saturated carbocycles. The van der Waals surface area contributed by atoms with Crippen LogP contribution in [0.3, 0.4) is 0 Å². The molecule has 0 radical (unpaired) electrons. The number of halogens is 1. The third kappa shape index (κ3) is 2.54. The van der Waals surface area contributed by atoms with Crippen molar-refractivity contribution in [1.82, 2.24) is 9.78 Å². The lowest BCUT2D eigenvalue weighted by atomic mass is 9.65. The minimum atomic E-state index is -0.985. The summed E-state index contributed by atoms with van der Waals surface area (Å²) in [5, 5.41) is 14.1. The van der Waals surface area contributed by atoms with Crippen molar-refractivity contribution in [2.24, 2.45) is 7.05 Å². The highest BCUT2D eigenvalue weighted by atomic mass is 19.1. The molecule has 23 heavy (non-hydrogen) atoms. The van der Waals surface area contributed by atoms with Crippen molar-refractivity contribution in [1.29, 1.82) is 0 Å². The van der Waals surface area contributed by atoms with E-state index in [1.807, 2.05) is 17.8 Å². The van der Waals surface area contributed by atoms with Gasteiger partial charge in [-0.25, -0.2) is 4.39 Å². The van der Waals surface area contributed by atoms with Gasteiger partial charge in [-0.15, -0.1) is 0 Å². The van der Waals surface area contributed by atoms with Gasteiger partial charge in [0.2, 0.25) is 0 Å². The van der Waals surface area contributed by atoms with Gasteiger partial charge >= 0.3 is 5.97 Å². The van der Waals surface area contributed by atoms with Gasteiger partial charge in [-0.1, -0.05) is 12.1 Å². The molecule has 1 aliphatic carbocycles. The topological polar surface area (TPSA) is 55.1 Å². The van der Waals surface area contributed by atoms with Crippen LogP contribution in [-0.2, 0) is 17.3 Å². The molecule has 5 heteroatoms. The maximum absolute atomic E-state index is 13.9. The van der Waals surface area contributed by atoms with E-state index in [1.165, 1.54) is 6.07 Å². The maximum Gasteiger partial charge on any atom is 0.314 e. The highest BCUT2D eigenvalue weighted by Gasteiger charge is 2.45. The number of rotatable bonds is 3. The zero-order valence-electron chi connectivity index (χ0n) is 13.4. The van der Waals surface area contributed by atoms with Crippen LogP contribution in [0.5, 0.6) is 0 Å². The lowest BCUT2D eigenvalue weighted by Gasteiger charge is -2.38. The zero-order chi connectivity index (χ0) is 16.6. The second-order valence-corrected chi connectivity index (χ2v) is 6.45. The highest BCUT2D eigenvalue weighted by Crippen LogP contribution is 2.46. The summed E-state index contributed by atoms with van der Waals surface area (Å²) in [6, 6.07) is 6.74. The summed E-state index contributed by atoms with van der Waals surface area (Å²) in [6.07, 6.45) is 4.33. The zero-order valence-corrected chi connectivity index (χ0v) is 13.4. The first-order valence-corrected chi connectivity index (χ1v) is 7.92. The summed E-state index contributed by atoms with van der Waals surface area (Å²) in [6.45, 7) is 1.67. The number of carbonyl (C=O) groups is 1. The summed E-state index contributed by atoms with van der Waals surface area (Å²) in [7, 11) is 1.91. The van der Waals surface area contributed by atoms with Gasteiger partial charge in [-0.3, -0.25) is 9.48 Å². The van der Waals surface area contributed by atoms with E-state index in [-0.39, 0.29) is 5.82 Å². The first-order valence-electron chi connectivity index (χ1n) is 7.92. The highest BCUT2D eigenvalue weighted by molar-refractivity contribution is 5.82. The molecule has 4 nitrogen and oxygen atoms in total. The van der Waals surface area contributed by atoms with E-state index in [0.29, 0.717) is 29.9 Å². The van der Waals surface area contributed by atoms with Crippen molar-refractivity contribution in [2.45, 2.75) is 43.9 Å². The molecule has 0 unspecified atom stereocenters. The van der Waals surface area contributed by atoms with Crippen LogP contribution in [0, 0.1) is 12.7 Å². The number of aliphatic carboxylic acids is 1. The van der Waals surface area contributed by atoms with Gasteiger partial charge in [0.15, 0.2) is 0 Å². The summed E-state index contributed by atoms with van der Waals surface area (Å²) in [4.78, 5) is 12.1. The van der Waals surface area contributed by atoms with Crippen LogP contribution < -0.4 is 0 Å². The Morgan fingerprint density at radius 3 is 2.61 bits per heavy atom. The predicted molar refractivity (Wildman–Crippen MR) is 84.9 cm³/mol. The molecule has 0 atom stereocenters. The average Bonchev–Trinajstić information content (AvgIpc) is 2.96. The number of hydrogen-bond donors (Lipinski definition) is 1. The second-order valence-electron chi connectivity index (χ2n) is 6.45. The summed E-state index contributed by atoms with van der Waals surface area (Å²) in [5.41, 5.74) is 1.23. The first-order chi connectivity index (χ1) is 11.0. The van der Waals surface area contributed by atoms with Crippen molar-refractivity contribution in [3.63, 3.8) is 0 Å². The van der Waals surface area contributed by atoms with Gasteiger partial charge < -0.3 is 5.11 Å². The van der Waals surface area contributed by atoms with Crippen molar-refractivity contribution < 1.29 is 14.3 Å². The quantitative estimate of drug-likeness (QED) is 0.942. The summed E-state index contributed by atoms with van der Waals surface area (Å²) >= 11 is 0. The number of hydrogen-bond acceptors (Lipinski definition) is 2. The fourth-order valence-corrected chi connectivity index (χ4v) is 3.92. The molecule has 0 saturated heterocycles. The van der Waals surface area contributed by atoms with Gasteiger partial charge in [0.1, 0.15) is 5.82 Å². The molecule has 1 heterocycles. The van der Waals surface area contributed by atoms with Crippen LogP contribution >= 0.6 is 0 Å². The predicted octanol–water partition coefficient (Wildman–Crippen LogP) is 3.55. The Labute approximate surface area is 134 Å². The van der Waals surface area contributed by atoms with Crippen molar-refractivity contribution in [2.75, 3.05) is 0 Å². The second kappa shape index (κ2) is 5.80. The standard InChI is InChI=1S/C18H21FN2O2/c1-12-14(4-3-5-15(12)19)18(17(22)23)9-6-13(7-10-18)16-8-11-20-21(16)2/h3-5,8,11,13H,6-7,9-10H2,1-2H3,(H,22,23). The molecule has 0 aliphatic heterocycles. The maximum atomic E-state index is 13.9. The summed E-state index contributed by atoms with van der Waals surface area (Å²) < 4.78 is 15.8. The smallest absolute Gasteiger partial charge is 0.314 e. The summed E-state index contributed by atoms with van der Waals surface area (Å²) in [5.74, 6) is -0.879. The van der Waals surface area contributed by atoms with Crippen LogP contribution in [0.2, 0.25) is 0 Å². The molecular weight excluding hydrogens is 295 g/mol. The molecule has 2 aromatic rings. The Balaban J connectivity index is 1.92. The molecule has 3 rings (SSSR count). The number of benzene rings is 1. The van der Waals surface area contributed by atoms with Crippen LogP contribution in [-0.4, -0.2) is 20.9 Å². The van der Waals surface area contributed by atoms with Gasteiger partial charge in [0.25, 0.3) is 0 Å². The van der Waals surface area contributed by atoms with E-state index in [0.717, 1.165) is 18.5 Å². The Bertz CT molecular complexity index is 730. The Morgan fingerprint density at radius 1 is 1.35 bits per heavy atom. The largest absolute Gasteiger partial charge is 0.481 e. The molecule has 122 valence electrons. The molecule has 1 fully saturated rings. The fraction of sp³-hybridized carbons (Fsp3) is 0.444. The van der Waals surface area contributed by atoms with Crippen LogP contribution in [0.1, 0.15) is 48.4 Å². The van der Waals surface area contributed by atoms with Crippen molar-refractivity contribution in [3.05, 3.63) is 53.1 Å². The van der Waals surface area contributed by atoms with E-state index >= 15 is 0 Å². The Morgan fingerprint density at radius 2 is 2.04 bits per heavy atom. The number of aryl methyl sites for hydroxylation is 1. The third-order valence-corrected chi connectivity index (χ3v) is 5.31. The van der Waals surface area contributed by atoms with E-state index in [9.17, 15) is 14.3 Å². The molecular formula is C18H21FN2O2. The van der Waals surface area contributed by atoms with Crippen molar-refractivity contribution in [3.8, 4) is 0 Å². The van der Waals surface area contributed by atoms with E-state index in [1.54, 1.807) is 25.3 Å². The molecule has 1 N–H and O–H groups in total. The normalized spacial score (nSPS) is 24.6. The van der Waals surface area contributed by atoms with E-state index < -0.39 is 11.4 Å². The van der Waals surface area contributed by atoms with E-state index in [2.05, 4.69) is 5.10 Å². The van der Waals surface area contributed by atoms with Crippen LogP contribution in [0.25, 0.3) is 0 Å². The number of carboxylic acid groups (broad SMARTS) is 1. The Kier molecular flexibility index (Phi) is 3.96. The number of nitrogens with zero attached hydrogens (tertiary/aromatic N) is 2. The lowest BCUT2D eigenvalue weighted by molar-refractivity contribution is -0.145. The van der Waals surface area contributed by atoms with Crippen LogP contribution in [0.4, 0.5) is 4.39 Å². The van der Waals surface area contributed by atoms with Gasteiger partial charge in [-0.2, -0.15) is 5.10 Å². The van der Waals surface area contributed by atoms with Crippen LogP contribution in [0.15, 0.2) is 30.5 Å². The molecule has 0 amide bonds. The van der Waals surface area contributed by atoms with E-state index in [4.69, 9.17) is 0 Å². The van der Waals surface area contributed by atoms with Gasteiger partial charge in [-0.05, 0) is 55.9 Å². The fourth-order valence-electron chi connectivity index (χ4n) is 3.92. The molecule has 1 aliphatic rings. The molecule has 1 aromatic heterocycles. The molecule has 0 spiro atoms. The van der Waals surface area contributed by atoms with Crippen molar-refractivity contribution >= 4 is 5.97 Å². The average molecular weight is 316 g/mol. The first kappa shape index (κ1) is 15.7. The molecule has 0 bridgehead atoms. The monoisotopic (exact) mass is 316 g/mol. The third-order valence-electron chi connectivity index (χ3n) is 5.31. The number of carboxylic acids is 1. The number of aromatic nitrogens is 2.